The molecule has 0 unspecified atom stereocenters. The zero-order chi connectivity index (χ0) is 14.4. The molecule has 7 heteroatoms. The van der Waals surface area contributed by atoms with Gasteiger partial charge in [0, 0.05) is 4.90 Å². The van der Waals surface area contributed by atoms with E-state index in [1.165, 1.54) is 18.7 Å². The molecule has 104 valence electrons. The fourth-order valence-electron chi connectivity index (χ4n) is 1.44. The lowest BCUT2D eigenvalue weighted by Gasteiger charge is -2.18. The van der Waals surface area contributed by atoms with Crippen LogP contribution in [0.1, 0.15) is 6.92 Å². The van der Waals surface area contributed by atoms with Gasteiger partial charge in [-0.1, -0.05) is 12.1 Å². The van der Waals surface area contributed by atoms with E-state index in [1.807, 2.05) is 18.4 Å². The van der Waals surface area contributed by atoms with Crippen LogP contribution in [-0.4, -0.2) is 40.6 Å². The van der Waals surface area contributed by atoms with Crippen molar-refractivity contribution in [2.45, 2.75) is 24.0 Å². The second-order valence-electron chi connectivity index (χ2n) is 3.86. The van der Waals surface area contributed by atoms with Gasteiger partial charge < -0.3 is 20.8 Å². The van der Waals surface area contributed by atoms with E-state index in [1.54, 1.807) is 12.1 Å². The molecular weight excluding hydrogens is 268 g/mol. The Labute approximate surface area is 115 Å². The van der Waals surface area contributed by atoms with Gasteiger partial charge in [-0.3, -0.25) is 0 Å². The third-order valence-electron chi connectivity index (χ3n) is 2.39. The van der Waals surface area contributed by atoms with Crippen molar-refractivity contribution in [3.8, 4) is 0 Å². The van der Waals surface area contributed by atoms with Gasteiger partial charge in [-0.15, -0.1) is 11.8 Å². The first-order valence-electron chi connectivity index (χ1n) is 5.57. The Kier molecular flexibility index (Phi) is 5.65. The number of aliphatic hydroxyl groups excluding tert-OH is 1. The van der Waals surface area contributed by atoms with Gasteiger partial charge in [0.05, 0.1) is 11.8 Å². The Morgan fingerprint density at radius 3 is 2.47 bits per heavy atom. The van der Waals surface area contributed by atoms with Crippen molar-refractivity contribution in [3.63, 3.8) is 0 Å². The van der Waals surface area contributed by atoms with E-state index in [4.69, 9.17) is 5.11 Å². The van der Waals surface area contributed by atoms with Crippen LogP contribution in [0.5, 0.6) is 0 Å². The molecule has 6 nitrogen and oxygen atoms in total. The molecule has 1 aromatic carbocycles. The van der Waals surface area contributed by atoms with Crippen LogP contribution in [0.3, 0.4) is 0 Å². The Morgan fingerprint density at radius 1 is 1.32 bits per heavy atom. The van der Waals surface area contributed by atoms with Crippen molar-refractivity contribution >= 4 is 29.4 Å². The molecule has 1 aromatic rings. The normalized spacial score (nSPS) is 13.4. The molecule has 4 N–H and O–H groups in total. The molecule has 1 rings (SSSR count). The third kappa shape index (κ3) is 4.46. The molecule has 0 spiro atoms. The van der Waals surface area contributed by atoms with Gasteiger partial charge in [0.15, 0.2) is 6.04 Å². The zero-order valence-corrected chi connectivity index (χ0v) is 11.4. The summed E-state index contributed by atoms with van der Waals surface area (Å²) in [5.41, 5.74) is 0.585. The van der Waals surface area contributed by atoms with Crippen LogP contribution in [0.4, 0.5) is 10.5 Å². The minimum atomic E-state index is -1.35. The number of carbonyl (C=O) groups excluding carboxylic acids is 1. The largest absolute Gasteiger partial charge is 0.480 e. The van der Waals surface area contributed by atoms with Crippen LogP contribution in [0.15, 0.2) is 29.2 Å². The fraction of sp³-hybridized carbons (Fsp3) is 0.333. The average Bonchev–Trinajstić information content (AvgIpc) is 2.36. The van der Waals surface area contributed by atoms with Crippen molar-refractivity contribution in [3.05, 3.63) is 24.3 Å². The fourth-order valence-corrected chi connectivity index (χ4v) is 1.99. The molecule has 0 aliphatic rings. The highest BCUT2D eigenvalue weighted by atomic mass is 32.2. The van der Waals surface area contributed by atoms with E-state index in [0.717, 1.165) is 4.90 Å². The van der Waals surface area contributed by atoms with Crippen LogP contribution in [-0.2, 0) is 4.79 Å². The van der Waals surface area contributed by atoms with Crippen LogP contribution < -0.4 is 10.6 Å². The molecule has 0 saturated heterocycles. The van der Waals surface area contributed by atoms with Gasteiger partial charge >= 0.3 is 12.0 Å². The lowest BCUT2D eigenvalue weighted by molar-refractivity contribution is -0.141. The number of thioether (sulfide) groups is 1. The predicted octanol–water partition coefficient (Wildman–Crippen LogP) is 1.36. The summed E-state index contributed by atoms with van der Waals surface area (Å²) < 4.78 is 0. The van der Waals surface area contributed by atoms with Crippen molar-refractivity contribution in [1.82, 2.24) is 5.32 Å². The van der Waals surface area contributed by atoms with Gasteiger partial charge in [-0.2, -0.15) is 0 Å². The molecule has 0 aliphatic carbocycles. The standard InChI is InChI=1S/C12H16N2O4S/c1-7(15)10(11(16)17)14-12(18)13-8-5-3-4-6-9(8)19-2/h3-7,10,15H,1-2H3,(H,16,17)(H2,13,14,18)/t7-,10+/m1/s1. The number of para-hydroxylation sites is 1. The number of carboxylic acids is 1. The molecule has 0 bridgehead atoms. The Balaban J connectivity index is 2.72. The average molecular weight is 284 g/mol. The van der Waals surface area contributed by atoms with Gasteiger partial charge in [0.2, 0.25) is 0 Å². The number of nitrogens with one attached hydrogen (secondary N) is 2. The number of carboxylic acid groups (broad SMARTS) is 1. The van der Waals surface area contributed by atoms with Crippen LogP contribution in [0, 0.1) is 0 Å². The molecular formula is C12H16N2O4S. The number of carbonyl (C=O) groups is 2. The summed E-state index contributed by atoms with van der Waals surface area (Å²) in [5.74, 6) is -1.29. The first-order chi connectivity index (χ1) is 8.95. The van der Waals surface area contributed by atoms with E-state index in [0.29, 0.717) is 5.69 Å². The minimum Gasteiger partial charge on any atom is -0.480 e. The molecule has 0 aromatic heterocycles. The highest BCUT2D eigenvalue weighted by Crippen LogP contribution is 2.24. The Morgan fingerprint density at radius 2 is 1.95 bits per heavy atom. The monoisotopic (exact) mass is 284 g/mol. The van der Waals surface area contributed by atoms with E-state index in [-0.39, 0.29) is 0 Å². The molecule has 19 heavy (non-hydrogen) atoms. The lowest BCUT2D eigenvalue weighted by Crippen LogP contribution is -2.49. The highest BCUT2D eigenvalue weighted by molar-refractivity contribution is 7.98. The summed E-state index contributed by atoms with van der Waals surface area (Å²) in [6, 6.07) is 5.13. The second kappa shape index (κ2) is 7.01. The molecule has 0 saturated carbocycles. The number of aliphatic hydroxyl groups is 1. The first-order valence-corrected chi connectivity index (χ1v) is 6.79. The number of amides is 2. The quantitative estimate of drug-likeness (QED) is 0.612. The maximum Gasteiger partial charge on any atom is 0.328 e. The summed E-state index contributed by atoms with van der Waals surface area (Å²) in [6.45, 7) is 1.30. The highest BCUT2D eigenvalue weighted by Gasteiger charge is 2.25. The summed E-state index contributed by atoms with van der Waals surface area (Å²) >= 11 is 1.46. The number of urea groups is 1. The number of hydrogen-bond acceptors (Lipinski definition) is 4. The number of anilines is 1. The SMILES string of the molecule is CSc1ccccc1NC(=O)N[C@H](C(=O)O)[C@@H](C)O. The van der Waals surface area contributed by atoms with Gasteiger partial charge in [-0.25, -0.2) is 9.59 Å². The lowest BCUT2D eigenvalue weighted by atomic mass is 10.2. The molecule has 0 radical (unpaired) electrons. The maximum atomic E-state index is 11.7. The maximum absolute atomic E-state index is 11.7. The van der Waals surface area contributed by atoms with Gasteiger partial charge in [0.25, 0.3) is 0 Å². The van der Waals surface area contributed by atoms with E-state index in [2.05, 4.69) is 10.6 Å². The van der Waals surface area contributed by atoms with Crippen LogP contribution in [0.25, 0.3) is 0 Å². The van der Waals surface area contributed by atoms with Crippen LogP contribution in [0.2, 0.25) is 0 Å². The molecule has 0 aliphatic heterocycles. The van der Waals surface area contributed by atoms with E-state index >= 15 is 0 Å². The second-order valence-corrected chi connectivity index (χ2v) is 4.70. The van der Waals surface area contributed by atoms with Gasteiger partial charge in [0.1, 0.15) is 0 Å². The predicted molar refractivity (Wildman–Crippen MR) is 73.5 cm³/mol. The molecule has 2 atom stereocenters. The van der Waals surface area contributed by atoms with E-state index in [9.17, 15) is 14.7 Å². The first kappa shape index (κ1) is 15.3. The zero-order valence-electron chi connectivity index (χ0n) is 10.6. The number of hydrogen-bond donors (Lipinski definition) is 4. The van der Waals surface area contributed by atoms with Crippen molar-refractivity contribution in [1.29, 1.82) is 0 Å². The Bertz CT molecular complexity index is 465. The van der Waals surface area contributed by atoms with Crippen molar-refractivity contribution in [2.24, 2.45) is 0 Å². The topological polar surface area (TPSA) is 98.7 Å². The summed E-state index contributed by atoms with van der Waals surface area (Å²) in [4.78, 5) is 23.4. The number of aliphatic carboxylic acids is 1. The van der Waals surface area contributed by atoms with E-state index < -0.39 is 24.1 Å². The smallest absolute Gasteiger partial charge is 0.328 e. The van der Waals surface area contributed by atoms with Crippen LogP contribution >= 0.6 is 11.8 Å². The summed E-state index contributed by atoms with van der Waals surface area (Å²) in [6.07, 6.45) is 0.688. The molecule has 0 fully saturated rings. The minimum absolute atomic E-state index is 0.585. The third-order valence-corrected chi connectivity index (χ3v) is 3.19. The molecule has 0 heterocycles. The van der Waals surface area contributed by atoms with Crippen molar-refractivity contribution < 1.29 is 19.8 Å². The number of rotatable bonds is 5. The molecule has 2 amide bonds. The number of benzene rings is 1. The van der Waals surface area contributed by atoms with Crippen molar-refractivity contribution in [2.75, 3.05) is 11.6 Å². The summed E-state index contributed by atoms with van der Waals surface area (Å²) in [7, 11) is 0. The summed E-state index contributed by atoms with van der Waals surface area (Å²) in [5, 5.41) is 22.9. The Hall–Kier alpha value is -1.73. The van der Waals surface area contributed by atoms with Gasteiger partial charge in [-0.05, 0) is 25.3 Å².